The number of carbonyl (C=O) groups is 10. The second-order valence-electron chi connectivity index (χ2n) is 26.8. The van der Waals surface area contributed by atoms with Crippen LogP contribution < -0.4 is 38.9 Å². The Hall–Kier alpha value is -7.26. The number of ketones is 2. The van der Waals surface area contributed by atoms with Crippen LogP contribution in [0.1, 0.15) is 227 Å². The molecule has 7 rings (SSSR count). The van der Waals surface area contributed by atoms with Crippen molar-refractivity contribution in [2.75, 3.05) is 19.8 Å². The van der Waals surface area contributed by atoms with E-state index in [2.05, 4.69) is 44.4 Å². The molecular weight excluding hydrogens is 1280 g/mol. The number of carboxylic acid groups (broad SMARTS) is 2. The number of aliphatic carboxylic acids is 2. The van der Waals surface area contributed by atoms with Gasteiger partial charge >= 0.3 is 30.2 Å². The highest BCUT2D eigenvalue weighted by atomic mass is 19.2. The summed E-state index contributed by atoms with van der Waals surface area (Å²) in [4.78, 5) is 115. The predicted octanol–water partition coefficient (Wildman–Crippen LogP) is 6.71. The first kappa shape index (κ1) is 85.8. The summed E-state index contributed by atoms with van der Waals surface area (Å²) in [5.41, 5.74) is 12.7. The van der Waals surface area contributed by atoms with Gasteiger partial charge in [-0.25, -0.2) is 36.7 Å². The van der Waals surface area contributed by atoms with Crippen LogP contribution in [0.25, 0.3) is 0 Å². The molecule has 3 unspecified atom stereocenters. The summed E-state index contributed by atoms with van der Waals surface area (Å²) < 4.78 is 71.8. The molecule has 7 fully saturated rings. The van der Waals surface area contributed by atoms with Gasteiger partial charge in [0.05, 0.1) is 43.4 Å². The molecule has 0 saturated heterocycles. The van der Waals surface area contributed by atoms with E-state index in [1.165, 1.54) is 0 Å². The van der Waals surface area contributed by atoms with E-state index in [0.29, 0.717) is 89.9 Å². The van der Waals surface area contributed by atoms with E-state index in [1.807, 2.05) is 0 Å². The maximum atomic E-state index is 14.9. The van der Waals surface area contributed by atoms with Crippen LogP contribution in [0.2, 0.25) is 0 Å². The number of hydrogen-bond acceptors (Lipinski definition) is 17. The smallest absolute Gasteiger partial charge is 0.407 e. The second-order valence-corrected chi connectivity index (χ2v) is 26.8. The Balaban J connectivity index is 0.000000419. The van der Waals surface area contributed by atoms with Gasteiger partial charge in [0.1, 0.15) is 47.0 Å². The molecular formula is C68H105F4N7O18. The number of alkyl halides is 4. The molecule has 0 spiro atoms. The van der Waals surface area contributed by atoms with Gasteiger partial charge in [-0.3, -0.25) is 28.8 Å². The Morgan fingerprint density at radius 3 is 0.907 bits per heavy atom. The van der Waals surface area contributed by atoms with Gasteiger partial charge in [-0.1, -0.05) is 71.1 Å². The minimum Gasteiger partial charge on any atom is -0.481 e. The number of carbonyl (C=O) groups excluding carboxylic acids is 8. The van der Waals surface area contributed by atoms with Gasteiger partial charge in [0.2, 0.25) is 17.7 Å². The number of rotatable bonds is 28. The lowest BCUT2D eigenvalue weighted by Gasteiger charge is -2.44. The van der Waals surface area contributed by atoms with Gasteiger partial charge in [0.15, 0.2) is 11.6 Å². The molecule has 25 nitrogen and oxygen atoms in total. The van der Waals surface area contributed by atoms with E-state index in [0.717, 1.165) is 70.6 Å². The number of hydrogen-bond donors (Lipinski definition) is 12. The standard InChI is InChI=1S/2C18H29FN2O5.C11H18FNO4.C9H15FO2.C6H12N2O2.C6H2/c2*1-2-26-16(25)21-12(10-18(19)8-3-4-9-18)13(22)11-17(6-5-7-17)14(23)15(20)24;1-2-17-10(16)13-8(9(14)15)7-11(12)5-3-4-6-11;1-7(8(11)12)6-9(10)4-2-3-5-9;7-5(10)4(9)6(8)2-1-3-6;1-3-5-6-4-2/h2*12,14,23H,2-11H2,1H3,(H2,20,24)(H,21,25);8H,2-7H2,1H3,(H,13,16)(H,14,15);7H,2-6H2,1H3,(H,11,12);4,9H,1-3,8H2,(H2,7,10);1-2H/t2*12-,14?;8-;7-;;/m0000../s1. The maximum Gasteiger partial charge on any atom is 0.407 e. The summed E-state index contributed by atoms with van der Waals surface area (Å²) >= 11 is 0. The number of nitrogens with two attached hydrogens (primary N) is 4. The molecule has 97 heavy (non-hydrogen) atoms. The molecule has 0 aromatic rings. The molecule has 0 aliphatic heterocycles. The minimum atomic E-state index is -1.49. The molecule has 7 aliphatic rings. The quantitative estimate of drug-likeness (QED) is 0.0220. The molecule has 29 heteroatoms. The number of nitrogens with one attached hydrogen (secondary N) is 3. The second kappa shape index (κ2) is 40.6. The van der Waals surface area contributed by atoms with Crippen LogP contribution in [-0.4, -0.2) is 170 Å². The molecule has 7 atom stereocenters. The van der Waals surface area contributed by atoms with Crippen molar-refractivity contribution in [3.8, 4) is 36.5 Å². The molecule has 0 aromatic heterocycles. The van der Waals surface area contributed by atoms with Crippen LogP contribution in [0.4, 0.5) is 31.9 Å². The monoisotopic (exact) mass is 1380 g/mol. The van der Waals surface area contributed by atoms with E-state index in [9.17, 15) is 75.7 Å². The SMILES string of the molecule is C#CC#CC#C.CCOC(=O)N[C@@H](CC1(F)CCCC1)C(=O)CC1(C(O)C(N)=O)CCC1.CCOC(=O)N[C@@H](CC1(F)CCCC1)C(=O)CC1(C(O)C(N)=O)CCC1.CCOC(=O)N[C@@H](CC1(F)CCCC1)C(=O)O.C[C@@H](CC1(F)CCCC1)C(=O)O.NC(=O)C(O)C1(N)CCC1. The summed E-state index contributed by atoms with van der Waals surface area (Å²) in [6.45, 7) is 6.88. The van der Waals surface area contributed by atoms with Crippen LogP contribution in [0.5, 0.6) is 0 Å². The Kier molecular flexibility index (Phi) is 35.9. The van der Waals surface area contributed by atoms with Crippen LogP contribution in [0.3, 0.4) is 0 Å². The number of terminal acetylenes is 2. The molecule has 0 aromatic carbocycles. The number of aliphatic hydroxyl groups excluding tert-OH is 3. The molecule has 0 bridgehead atoms. The average Bonchev–Trinajstić information content (AvgIpc) is 1.45. The van der Waals surface area contributed by atoms with Gasteiger partial charge in [0.25, 0.3) is 0 Å². The van der Waals surface area contributed by atoms with Crippen molar-refractivity contribution < 1.29 is 105 Å². The average molecular weight is 1380 g/mol. The number of halogens is 4. The van der Waals surface area contributed by atoms with Crippen molar-refractivity contribution in [1.82, 2.24) is 16.0 Å². The Bertz CT molecular complexity index is 2650. The zero-order chi connectivity index (χ0) is 73.4. The Morgan fingerprint density at radius 1 is 0.433 bits per heavy atom. The van der Waals surface area contributed by atoms with Gasteiger partial charge < -0.3 is 78.6 Å². The number of aliphatic hydroxyl groups is 3. The number of primary amides is 3. The summed E-state index contributed by atoms with van der Waals surface area (Å²) in [6.07, 6.45) is 18.0. The van der Waals surface area contributed by atoms with Crippen molar-refractivity contribution in [3.05, 3.63) is 0 Å². The van der Waals surface area contributed by atoms with E-state index in [-0.39, 0.29) is 58.3 Å². The molecule has 548 valence electrons. The van der Waals surface area contributed by atoms with Crippen molar-refractivity contribution in [3.63, 3.8) is 0 Å². The lowest BCUT2D eigenvalue weighted by atomic mass is 9.61. The fourth-order valence-corrected chi connectivity index (χ4v) is 13.3. The zero-order valence-electron chi connectivity index (χ0n) is 56.6. The molecule has 7 saturated carbocycles. The van der Waals surface area contributed by atoms with E-state index in [1.54, 1.807) is 27.7 Å². The maximum absolute atomic E-state index is 14.9. The van der Waals surface area contributed by atoms with Crippen LogP contribution >= 0.6 is 0 Å². The normalized spacial score (nSPS) is 21.3. The molecule has 0 radical (unpaired) electrons. The van der Waals surface area contributed by atoms with Crippen molar-refractivity contribution in [1.29, 1.82) is 0 Å². The highest BCUT2D eigenvalue weighted by Gasteiger charge is 2.52. The third-order valence-electron chi connectivity index (χ3n) is 19.3. The molecule has 16 N–H and O–H groups in total. The largest absolute Gasteiger partial charge is 0.481 e. The van der Waals surface area contributed by atoms with Crippen LogP contribution in [-0.2, 0) is 47.8 Å². The third kappa shape index (κ3) is 28.6. The van der Waals surface area contributed by atoms with Crippen molar-refractivity contribution in [2.24, 2.45) is 39.7 Å². The predicted molar refractivity (Wildman–Crippen MR) is 348 cm³/mol. The fraction of sp³-hybridized carbons (Fsp3) is 0.765. The first-order chi connectivity index (χ1) is 45.4. The first-order valence-corrected chi connectivity index (χ1v) is 33.6. The van der Waals surface area contributed by atoms with E-state index >= 15 is 0 Å². The van der Waals surface area contributed by atoms with Gasteiger partial charge in [-0.2, -0.15) is 0 Å². The molecule has 7 aliphatic carbocycles. The number of Topliss-reactive ketones (excluding diaryl/α,β-unsaturated/α-hetero) is 2. The Labute approximate surface area is 566 Å². The number of carboxylic acids is 2. The van der Waals surface area contributed by atoms with E-state index in [4.69, 9.17) is 60.6 Å². The van der Waals surface area contributed by atoms with Crippen LogP contribution in [0, 0.1) is 53.3 Å². The number of ether oxygens (including phenoxy) is 3. The highest BCUT2D eigenvalue weighted by Crippen LogP contribution is 2.50. The lowest BCUT2D eigenvalue weighted by molar-refractivity contribution is -0.144. The summed E-state index contributed by atoms with van der Waals surface area (Å²) in [5, 5.41) is 53.9. The minimum absolute atomic E-state index is 0.118. The van der Waals surface area contributed by atoms with Gasteiger partial charge in [-0.15, -0.1) is 12.8 Å². The first-order valence-electron chi connectivity index (χ1n) is 33.6. The van der Waals surface area contributed by atoms with Gasteiger partial charge in [-0.05, 0) is 147 Å². The van der Waals surface area contributed by atoms with Crippen molar-refractivity contribution >= 4 is 59.5 Å². The van der Waals surface area contributed by atoms with Gasteiger partial charge in [0, 0.05) is 42.9 Å². The number of alkyl carbamates (subject to hydrolysis) is 3. The van der Waals surface area contributed by atoms with Crippen molar-refractivity contribution in [2.45, 2.75) is 291 Å². The zero-order valence-corrected chi connectivity index (χ0v) is 56.6. The van der Waals surface area contributed by atoms with E-state index < -0.39 is 141 Å². The number of amides is 6. The van der Waals surface area contributed by atoms with Crippen LogP contribution in [0.15, 0.2) is 0 Å². The molecule has 0 heterocycles. The highest BCUT2D eigenvalue weighted by molar-refractivity contribution is 5.90. The summed E-state index contributed by atoms with van der Waals surface area (Å²) in [6, 6.07) is -3.32. The summed E-state index contributed by atoms with van der Waals surface area (Å²) in [7, 11) is 0. The third-order valence-corrected chi connectivity index (χ3v) is 19.3. The topological polar surface area (TPSA) is 440 Å². The Morgan fingerprint density at radius 2 is 0.701 bits per heavy atom. The fourth-order valence-electron chi connectivity index (χ4n) is 13.3. The lowest BCUT2D eigenvalue weighted by Crippen LogP contribution is -2.60. The summed E-state index contributed by atoms with van der Waals surface area (Å²) in [5.74, 6) is 2.67. The molecule has 6 amide bonds.